The van der Waals surface area contributed by atoms with Crippen molar-refractivity contribution in [1.29, 1.82) is 0 Å². The predicted molar refractivity (Wildman–Crippen MR) is 71.4 cm³/mol. The quantitative estimate of drug-likeness (QED) is 0.552. The molecule has 1 rings (SSSR count). The molecule has 0 aromatic heterocycles. The number of unbranched alkanes of at least 4 members (excludes halogenated alkanes) is 1. The lowest BCUT2D eigenvalue weighted by Gasteiger charge is -2.10. The Morgan fingerprint density at radius 2 is 2.00 bits per heavy atom. The zero-order chi connectivity index (χ0) is 12.5. The topological polar surface area (TPSA) is 29.5 Å². The molecule has 0 amide bonds. The summed E-state index contributed by atoms with van der Waals surface area (Å²) in [6.07, 6.45) is 6.31. The average Bonchev–Trinajstić information content (AvgIpc) is 2.37. The SMILES string of the molecule is C=CCCCC(O)CCc1ccc(OC)cc1. The molecule has 2 nitrogen and oxygen atoms in total. The number of rotatable bonds is 8. The number of methoxy groups -OCH3 is 1. The van der Waals surface area contributed by atoms with Crippen LogP contribution in [0.2, 0.25) is 0 Å². The van der Waals surface area contributed by atoms with Gasteiger partial charge in [0, 0.05) is 0 Å². The van der Waals surface area contributed by atoms with Gasteiger partial charge in [0.15, 0.2) is 0 Å². The molecule has 0 saturated carbocycles. The minimum absolute atomic E-state index is 0.197. The van der Waals surface area contributed by atoms with E-state index in [1.165, 1.54) is 5.56 Å². The highest BCUT2D eigenvalue weighted by atomic mass is 16.5. The molecule has 0 fully saturated rings. The van der Waals surface area contributed by atoms with Crippen LogP contribution in [0.15, 0.2) is 36.9 Å². The van der Waals surface area contributed by atoms with Gasteiger partial charge < -0.3 is 9.84 Å². The molecule has 0 aliphatic carbocycles. The summed E-state index contributed by atoms with van der Waals surface area (Å²) in [6.45, 7) is 3.67. The van der Waals surface area contributed by atoms with Crippen molar-refractivity contribution in [3.05, 3.63) is 42.5 Å². The third-order valence-electron chi connectivity index (χ3n) is 2.87. The number of aryl methyl sites for hydroxylation is 1. The minimum atomic E-state index is -0.197. The van der Waals surface area contributed by atoms with Gasteiger partial charge in [0.1, 0.15) is 5.75 Å². The third-order valence-corrected chi connectivity index (χ3v) is 2.87. The largest absolute Gasteiger partial charge is 0.497 e. The molecule has 0 heterocycles. The van der Waals surface area contributed by atoms with Crippen molar-refractivity contribution in [2.75, 3.05) is 7.11 Å². The van der Waals surface area contributed by atoms with Gasteiger partial charge in [-0.1, -0.05) is 18.2 Å². The van der Waals surface area contributed by atoms with E-state index in [9.17, 15) is 5.11 Å². The van der Waals surface area contributed by atoms with Gasteiger partial charge in [0.2, 0.25) is 0 Å². The van der Waals surface area contributed by atoms with E-state index in [2.05, 4.69) is 18.7 Å². The van der Waals surface area contributed by atoms with Crippen molar-refractivity contribution in [2.24, 2.45) is 0 Å². The van der Waals surface area contributed by atoms with Gasteiger partial charge in [-0.05, 0) is 49.8 Å². The maximum absolute atomic E-state index is 9.78. The number of hydrogen-bond acceptors (Lipinski definition) is 2. The van der Waals surface area contributed by atoms with E-state index < -0.39 is 0 Å². The Bertz CT molecular complexity index is 316. The lowest BCUT2D eigenvalue weighted by Crippen LogP contribution is -2.07. The Labute approximate surface area is 104 Å². The molecule has 17 heavy (non-hydrogen) atoms. The number of allylic oxidation sites excluding steroid dienone is 1. The Morgan fingerprint density at radius 1 is 1.29 bits per heavy atom. The molecule has 0 radical (unpaired) electrons. The number of benzene rings is 1. The van der Waals surface area contributed by atoms with Gasteiger partial charge in [-0.3, -0.25) is 0 Å². The maximum Gasteiger partial charge on any atom is 0.118 e. The van der Waals surface area contributed by atoms with E-state index in [1.807, 2.05) is 18.2 Å². The van der Waals surface area contributed by atoms with Crippen molar-refractivity contribution in [2.45, 2.75) is 38.2 Å². The summed E-state index contributed by atoms with van der Waals surface area (Å²) in [6, 6.07) is 8.02. The van der Waals surface area contributed by atoms with E-state index >= 15 is 0 Å². The van der Waals surface area contributed by atoms with Crippen molar-refractivity contribution in [3.63, 3.8) is 0 Å². The van der Waals surface area contributed by atoms with Gasteiger partial charge in [0.25, 0.3) is 0 Å². The second-order valence-electron chi connectivity index (χ2n) is 4.26. The predicted octanol–water partition coefficient (Wildman–Crippen LogP) is 3.35. The lowest BCUT2D eigenvalue weighted by molar-refractivity contribution is 0.152. The molecule has 0 spiro atoms. The number of aliphatic hydroxyl groups excluding tert-OH is 1. The zero-order valence-corrected chi connectivity index (χ0v) is 10.6. The van der Waals surface area contributed by atoms with E-state index in [-0.39, 0.29) is 6.10 Å². The standard InChI is InChI=1S/C15H22O2/c1-3-4-5-6-14(16)10-7-13-8-11-15(17-2)12-9-13/h3,8-9,11-12,14,16H,1,4-7,10H2,2H3. The van der Waals surface area contributed by atoms with Crippen LogP contribution in [-0.4, -0.2) is 18.3 Å². The molecule has 94 valence electrons. The summed E-state index contributed by atoms with van der Waals surface area (Å²) in [5, 5.41) is 9.78. The second kappa shape index (κ2) is 7.91. The fourth-order valence-electron chi connectivity index (χ4n) is 1.77. The maximum atomic E-state index is 9.78. The lowest BCUT2D eigenvalue weighted by atomic mass is 10.0. The van der Waals surface area contributed by atoms with Crippen molar-refractivity contribution < 1.29 is 9.84 Å². The molecule has 1 atom stereocenters. The molecule has 0 saturated heterocycles. The first-order valence-electron chi connectivity index (χ1n) is 6.18. The number of aliphatic hydroxyl groups is 1. The first kappa shape index (κ1) is 13.8. The van der Waals surface area contributed by atoms with Gasteiger partial charge in [-0.15, -0.1) is 6.58 Å². The van der Waals surface area contributed by atoms with Gasteiger partial charge in [-0.25, -0.2) is 0 Å². The molecule has 1 aromatic rings. The first-order chi connectivity index (χ1) is 8.26. The van der Waals surface area contributed by atoms with E-state index in [0.717, 1.165) is 37.9 Å². The highest BCUT2D eigenvalue weighted by Crippen LogP contribution is 2.14. The molecule has 1 aromatic carbocycles. The first-order valence-corrected chi connectivity index (χ1v) is 6.18. The molecule has 0 aliphatic rings. The monoisotopic (exact) mass is 234 g/mol. The molecule has 1 N–H and O–H groups in total. The second-order valence-corrected chi connectivity index (χ2v) is 4.26. The smallest absolute Gasteiger partial charge is 0.118 e. The van der Waals surface area contributed by atoms with E-state index in [1.54, 1.807) is 7.11 Å². The van der Waals surface area contributed by atoms with Gasteiger partial charge in [-0.2, -0.15) is 0 Å². The Balaban J connectivity index is 2.26. The normalized spacial score (nSPS) is 12.1. The average molecular weight is 234 g/mol. The molecule has 1 unspecified atom stereocenters. The molecule has 2 heteroatoms. The van der Waals surface area contributed by atoms with Crippen LogP contribution in [0.3, 0.4) is 0 Å². The highest BCUT2D eigenvalue weighted by molar-refractivity contribution is 5.27. The molecular formula is C15H22O2. The summed E-state index contributed by atoms with van der Waals surface area (Å²) < 4.78 is 5.10. The van der Waals surface area contributed by atoms with Crippen molar-refractivity contribution in [1.82, 2.24) is 0 Å². The van der Waals surface area contributed by atoms with Crippen LogP contribution < -0.4 is 4.74 Å². The summed E-state index contributed by atoms with van der Waals surface area (Å²) in [5.41, 5.74) is 1.24. The third kappa shape index (κ3) is 5.55. The minimum Gasteiger partial charge on any atom is -0.497 e. The molecule has 0 aliphatic heterocycles. The Hall–Kier alpha value is -1.28. The van der Waals surface area contributed by atoms with E-state index in [0.29, 0.717) is 0 Å². The number of hydrogen-bond donors (Lipinski definition) is 1. The van der Waals surface area contributed by atoms with Crippen LogP contribution >= 0.6 is 0 Å². The zero-order valence-electron chi connectivity index (χ0n) is 10.6. The Morgan fingerprint density at radius 3 is 2.59 bits per heavy atom. The Kier molecular flexibility index (Phi) is 6.41. The fourth-order valence-corrected chi connectivity index (χ4v) is 1.77. The summed E-state index contributed by atoms with van der Waals surface area (Å²) in [4.78, 5) is 0. The van der Waals surface area contributed by atoms with Gasteiger partial charge in [0.05, 0.1) is 13.2 Å². The van der Waals surface area contributed by atoms with Crippen LogP contribution in [0.5, 0.6) is 5.75 Å². The van der Waals surface area contributed by atoms with Crippen LogP contribution in [-0.2, 0) is 6.42 Å². The number of ether oxygens (including phenoxy) is 1. The summed E-state index contributed by atoms with van der Waals surface area (Å²) in [5.74, 6) is 0.875. The summed E-state index contributed by atoms with van der Waals surface area (Å²) >= 11 is 0. The fraction of sp³-hybridized carbons (Fsp3) is 0.467. The van der Waals surface area contributed by atoms with Crippen molar-refractivity contribution in [3.8, 4) is 5.75 Å². The van der Waals surface area contributed by atoms with E-state index in [4.69, 9.17) is 4.74 Å². The van der Waals surface area contributed by atoms with Crippen molar-refractivity contribution >= 4 is 0 Å². The van der Waals surface area contributed by atoms with Crippen LogP contribution in [0.25, 0.3) is 0 Å². The van der Waals surface area contributed by atoms with Crippen LogP contribution in [0.1, 0.15) is 31.2 Å². The molecule has 0 bridgehead atoms. The molecular weight excluding hydrogens is 212 g/mol. The van der Waals surface area contributed by atoms with Gasteiger partial charge >= 0.3 is 0 Å². The van der Waals surface area contributed by atoms with Crippen LogP contribution in [0, 0.1) is 0 Å². The summed E-state index contributed by atoms with van der Waals surface area (Å²) in [7, 11) is 1.67. The highest BCUT2D eigenvalue weighted by Gasteiger charge is 2.04. The van der Waals surface area contributed by atoms with Crippen LogP contribution in [0.4, 0.5) is 0 Å².